The van der Waals surface area contributed by atoms with Crippen LogP contribution in [-0.4, -0.2) is 27.1 Å². The van der Waals surface area contributed by atoms with Crippen LogP contribution in [0.5, 0.6) is 0 Å². The first-order valence-corrected chi connectivity index (χ1v) is 10.7. The van der Waals surface area contributed by atoms with Crippen LogP contribution in [0.15, 0.2) is 0 Å². The minimum absolute atomic E-state index is 0.786. The fraction of sp³-hybridized carbons (Fsp3) is 1.00. The van der Waals surface area contributed by atoms with Gasteiger partial charge in [-0.3, -0.25) is 0 Å². The number of alkyl halides is 1. The van der Waals surface area contributed by atoms with E-state index in [0.717, 1.165) is 24.6 Å². The van der Waals surface area contributed by atoms with Crippen molar-refractivity contribution in [3.63, 3.8) is 0 Å². The molecule has 0 heterocycles. The highest BCUT2D eigenvalue weighted by Crippen LogP contribution is 2.18. The van der Waals surface area contributed by atoms with Crippen molar-refractivity contribution in [1.82, 2.24) is 0 Å². The fourth-order valence-electron chi connectivity index (χ4n) is 2.04. The molecule has 0 aromatic rings. The van der Waals surface area contributed by atoms with Gasteiger partial charge in [0.2, 0.25) is 0 Å². The van der Waals surface area contributed by atoms with E-state index < -0.39 is 8.56 Å². The molecule has 104 valence electrons. The lowest BCUT2D eigenvalue weighted by molar-refractivity contribution is 0.188. The monoisotopic (exact) mass is 324 g/mol. The third-order valence-corrected chi connectivity index (χ3v) is 6.54. The van der Waals surface area contributed by atoms with Crippen molar-refractivity contribution in [2.75, 3.05) is 18.5 Å². The van der Waals surface area contributed by atoms with Crippen LogP contribution in [0.3, 0.4) is 0 Å². The summed E-state index contributed by atoms with van der Waals surface area (Å²) in [5.41, 5.74) is 0. The summed E-state index contributed by atoms with van der Waals surface area (Å²) in [6.07, 6.45) is 7.98. The van der Waals surface area contributed by atoms with Crippen molar-refractivity contribution in [1.29, 1.82) is 0 Å². The van der Waals surface area contributed by atoms with Crippen molar-refractivity contribution in [3.05, 3.63) is 0 Å². The molecule has 0 aromatic carbocycles. The summed E-state index contributed by atoms with van der Waals surface area (Å²) in [4.78, 5) is 0. The van der Waals surface area contributed by atoms with Crippen molar-refractivity contribution in [2.45, 2.75) is 65.0 Å². The van der Waals surface area contributed by atoms with Gasteiger partial charge in [-0.2, -0.15) is 0 Å². The predicted molar refractivity (Wildman–Crippen MR) is 81.2 cm³/mol. The Kier molecular flexibility index (Phi) is 12.1. The molecule has 0 saturated carbocycles. The van der Waals surface area contributed by atoms with Crippen LogP contribution in [0.4, 0.5) is 0 Å². The summed E-state index contributed by atoms with van der Waals surface area (Å²) in [5, 5.41) is 1.15. The molecule has 0 saturated heterocycles. The number of rotatable bonds is 12. The van der Waals surface area contributed by atoms with E-state index >= 15 is 0 Å². The van der Waals surface area contributed by atoms with Crippen LogP contribution >= 0.6 is 15.9 Å². The standard InChI is InChI=1S/C13H29BrO2Si/c1-4-15-17(3,16-5-2)13-11-9-7-6-8-10-12-14/h4-13H2,1-3H3. The minimum Gasteiger partial charge on any atom is -0.395 e. The topological polar surface area (TPSA) is 18.5 Å². The molecule has 4 heteroatoms. The smallest absolute Gasteiger partial charge is 0.334 e. The van der Waals surface area contributed by atoms with Gasteiger partial charge in [0.1, 0.15) is 0 Å². The van der Waals surface area contributed by atoms with E-state index in [-0.39, 0.29) is 0 Å². The summed E-state index contributed by atoms with van der Waals surface area (Å²) < 4.78 is 11.7. The average Bonchev–Trinajstić information content (AvgIpc) is 2.28. The SMILES string of the molecule is CCO[Si](C)(CCCCCCCCBr)OCC. The molecule has 0 aliphatic rings. The van der Waals surface area contributed by atoms with Gasteiger partial charge in [-0.15, -0.1) is 0 Å². The van der Waals surface area contributed by atoms with E-state index in [1.807, 2.05) is 0 Å². The molecule has 17 heavy (non-hydrogen) atoms. The van der Waals surface area contributed by atoms with Crippen LogP contribution in [0.1, 0.15) is 52.4 Å². The molecule has 0 fully saturated rings. The Morgan fingerprint density at radius 2 is 1.29 bits per heavy atom. The summed E-state index contributed by atoms with van der Waals surface area (Å²) >= 11 is 3.47. The summed E-state index contributed by atoms with van der Waals surface area (Å²) in [6.45, 7) is 7.89. The van der Waals surface area contributed by atoms with Crippen LogP contribution in [-0.2, 0) is 8.85 Å². The lowest BCUT2D eigenvalue weighted by Crippen LogP contribution is -2.38. The van der Waals surface area contributed by atoms with Crippen molar-refractivity contribution >= 4 is 24.5 Å². The van der Waals surface area contributed by atoms with Gasteiger partial charge in [0.05, 0.1) is 0 Å². The van der Waals surface area contributed by atoms with Gasteiger partial charge in [0, 0.05) is 18.5 Å². The summed E-state index contributed by atoms with van der Waals surface area (Å²) in [6, 6.07) is 1.15. The summed E-state index contributed by atoms with van der Waals surface area (Å²) in [7, 11) is -1.83. The quantitative estimate of drug-likeness (QED) is 0.290. The maximum Gasteiger partial charge on any atom is 0.334 e. The fourth-order valence-corrected chi connectivity index (χ4v) is 4.93. The Morgan fingerprint density at radius 1 is 0.824 bits per heavy atom. The zero-order chi connectivity index (χ0) is 13.0. The first-order valence-electron chi connectivity index (χ1n) is 7.02. The molecule has 0 aromatic heterocycles. The molecule has 0 N–H and O–H groups in total. The molecule has 0 bridgehead atoms. The molecule has 0 aliphatic heterocycles. The number of unbranched alkanes of at least 4 members (excludes halogenated alkanes) is 5. The highest BCUT2D eigenvalue weighted by molar-refractivity contribution is 9.09. The first kappa shape index (κ1) is 17.6. The molecule has 0 unspecified atom stereocenters. The number of hydrogen-bond donors (Lipinski definition) is 0. The van der Waals surface area contributed by atoms with E-state index in [9.17, 15) is 0 Å². The van der Waals surface area contributed by atoms with Gasteiger partial charge in [0.25, 0.3) is 0 Å². The van der Waals surface area contributed by atoms with Gasteiger partial charge in [-0.05, 0) is 32.9 Å². The second-order valence-corrected chi connectivity index (χ2v) is 8.70. The van der Waals surface area contributed by atoms with Crippen LogP contribution in [0.2, 0.25) is 12.6 Å². The van der Waals surface area contributed by atoms with Crippen LogP contribution < -0.4 is 0 Å². The molecule has 0 atom stereocenters. The zero-order valence-corrected chi connectivity index (χ0v) is 14.4. The Bertz CT molecular complexity index is 161. The minimum atomic E-state index is -1.83. The maximum atomic E-state index is 5.83. The van der Waals surface area contributed by atoms with Gasteiger partial charge >= 0.3 is 8.56 Å². The van der Waals surface area contributed by atoms with E-state index in [1.54, 1.807) is 0 Å². The first-order chi connectivity index (χ1) is 8.18. The van der Waals surface area contributed by atoms with E-state index in [0.29, 0.717) is 0 Å². The molecule has 0 radical (unpaired) electrons. The van der Waals surface area contributed by atoms with Gasteiger partial charge in [-0.25, -0.2) is 0 Å². The zero-order valence-electron chi connectivity index (χ0n) is 11.8. The molecular weight excluding hydrogens is 296 g/mol. The second-order valence-electron chi connectivity index (χ2n) is 4.56. The highest BCUT2D eigenvalue weighted by atomic mass is 79.9. The third-order valence-electron chi connectivity index (χ3n) is 2.91. The largest absolute Gasteiger partial charge is 0.395 e. The van der Waals surface area contributed by atoms with Crippen LogP contribution in [0.25, 0.3) is 0 Å². The molecule has 0 amide bonds. The predicted octanol–water partition coefficient (Wildman–Crippen LogP) is 4.87. The number of hydrogen-bond acceptors (Lipinski definition) is 2. The third kappa shape index (κ3) is 10.2. The Balaban J connectivity index is 3.54. The van der Waals surface area contributed by atoms with Crippen molar-refractivity contribution < 1.29 is 8.85 Å². The lowest BCUT2D eigenvalue weighted by atomic mass is 10.1. The Hall–Kier alpha value is 0.617. The maximum absolute atomic E-state index is 5.83. The number of halogens is 1. The van der Waals surface area contributed by atoms with Crippen molar-refractivity contribution in [2.24, 2.45) is 0 Å². The molecule has 0 aliphatic carbocycles. The second kappa shape index (κ2) is 11.7. The van der Waals surface area contributed by atoms with E-state index in [4.69, 9.17) is 8.85 Å². The van der Waals surface area contributed by atoms with Crippen LogP contribution in [0, 0.1) is 0 Å². The molecule has 0 rings (SSSR count). The van der Waals surface area contributed by atoms with Gasteiger partial charge < -0.3 is 8.85 Å². The molecule has 0 spiro atoms. The van der Waals surface area contributed by atoms with Gasteiger partial charge in [-0.1, -0.05) is 48.0 Å². The Morgan fingerprint density at radius 3 is 1.76 bits per heavy atom. The molecule has 2 nitrogen and oxygen atoms in total. The molecular formula is C13H29BrO2Si. The van der Waals surface area contributed by atoms with Gasteiger partial charge in [0.15, 0.2) is 0 Å². The van der Waals surface area contributed by atoms with E-state index in [2.05, 4.69) is 36.3 Å². The highest BCUT2D eigenvalue weighted by Gasteiger charge is 2.29. The normalized spacial score (nSPS) is 12.0. The lowest BCUT2D eigenvalue weighted by Gasteiger charge is -2.25. The Labute approximate surface area is 117 Å². The van der Waals surface area contributed by atoms with E-state index in [1.165, 1.54) is 38.5 Å². The van der Waals surface area contributed by atoms with Crippen molar-refractivity contribution in [3.8, 4) is 0 Å². The average molecular weight is 325 g/mol. The summed E-state index contributed by atoms with van der Waals surface area (Å²) in [5.74, 6) is 0.